The molecule has 6 heteroatoms. The monoisotopic (exact) mass is 401 g/mol. The van der Waals surface area contributed by atoms with E-state index >= 15 is 0 Å². The zero-order valence-corrected chi connectivity index (χ0v) is 16.1. The molecule has 2 aliphatic rings. The maximum Gasteiger partial charge on any atom is 0.416 e. The third-order valence-corrected chi connectivity index (χ3v) is 5.94. The molecule has 4 rings (SSSR count). The minimum Gasteiger partial charge on any atom is -0.344 e. The molecule has 1 saturated heterocycles. The lowest BCUT2D eigenvalue weighted by molar-refractivity contribution is -0.137. The van der Waals surface area contributed by atoms with Crippen LogP contribution in [0.3, 0.4) is 0 Å². The highest BCUT2D eigenvalue weighted by Gasteiger charge is 2.44. The molecule has 1 aliphatic carbocycles. The Bertz CT molecular complexity index is 949. The van der Waals surface area contributed by atoms with E-state index < -0.39 is 23.6 Å². The smallest absolute Gasteiger partial charge is 0.344 e. The average Bonchev–Trinajstić information content (AvgIpc) is 3.47. The summed E-state index contributed by atoms with van der Waals surface area (Å²) in [6.45, 7) is 0.237. The second-order valence-corrected chi connectivity index (χ2v) is 8.04. The molecule has 2 atom stereocenters. The largest absolute Gasteiger partial charge is 0.416 e. The summed E-state index contributed by atoms with van der Waals surface area (Å²) in [5.74, 6) is -1.59. The van der Waals surface area contributed by atoms with Gasteiger partial charge in [-0.05, 0) is 41.5 Å². The van der Waals surface area contributed by atoms with E-state index in [2.05, 4.69) is 0 Å². The summed E-state index contributed by atoms with van der Waals surface area (Å²) in [5, 5.41) is 0. The number of ketones is 1. The molecule has 0 spiro atoms. The van der Waals surface area contributed by atoms with Gasteiger partial charge in [-0.25, -0.2) is 0 Å². The highest BCUT2D eigenvalue weighted by atomic mass is 19.4. The number of hydrogen-bond donors (Lipinski definition) is 0. The van der Waals surface area contributed by atoms with E-state index in [1.807, 2.05) is 24.3 Å². The van der Waals surface area contributed by atoms with Crippen LogP contribution in [0.2, 0.25) is 0 Å². The van der Waals surface area contributed by atoms with Crippen LogP contribution in [0.4, 0.5) is 13.2 Å². The molecule has 0 bridgehead atoms. The number of carbonyl (C=O) groups is 2. The molecule has 0 unspecified atom stereocenters. The van der Waals surface area contributed by atoms with Crippen LogP contribution in [0, 0.1) is 5.92 Å². The molecule has 2 aromatic carbocycles. The van der Waals surface area contributed by atoms with E-state index in [9.17, 15) is 22.8 Å². The lowest BCUT2D eigenvalue weighted by Crippen LogP contribution is -2.29. The standard InChI is InChI=1S/C23H22F3NO2/c1-27-13-19(15-6-4-7-17(11-15)23(24,25)26)21(22(27)29)20(28)12-16-5-2-3-8-18(16)14-9-10-14/h2-8,11,14,19,21H,9-10,12-13H2,1H3/t19-,21+/m1/s1. The first-order valence-electron chi connectivity index (χ1n) is 9.78. The molecule has 0 radical (unpaired) electrons. The Morgan fingerprint density at radius 1 is 1.10 bits per heavy atom. The van der Waals surface area contributed by atoms with Gasteiger partial charge >= 0.3 is 6.18 Å². The number of likely N-dealkylation sites (N-methyl/N-ethyl adjacent to an activating group) is 1. The third kappa shape index (κ3) is 3.93. The molecule has 1 saturated carbocycles. The molecule has 1 heterocycles. The van der Waals surface area contributed by atoms with Crippen LogP contribution in [0.1, 0.15) is 46.9 Å². The van der Waals surface area contributed by atoms with E-state index in [4.69, 9.17) is 0 Å². The Morgan fingerprint density at radius 3 is 2.52 bits per heavy atom. The summed E-state index contributed by atoms with van der Waals surface area (Å²) >= 11 is 0. The number of halogens is 3. The van der Waals surface area contributed by atoms with Gasteiger partial charge in [-0.1, -0.05) is 42.5 Å². The Hall–Kier alpha value is -2.63. The van der Waals surface area contributed by atoms with Crippen molar-refractivity contribution in [3.05, 3.63) is 70.8 Å². The SMILES string of the molecule is CN1C[C@H](c2cccc(C(F)(F)F)c2)[C@@H](C(=O)Cc2ccccc2C2CC2)C1=O. The first-order valence-corrected chi connectivity index (χ1v) is 9.78. The van der Waals surface area contributed by atoms with Crippen LogP contribution >= 0.6 is 0 Å². The predicted octanol–water partition coefficient (Wildman–Crippen LogP) is 4.57. The van der Waals surface area contributed by atoms with Crippen molar-refractivity contribution in [3.63, 3.8) is 0 Å². The number of benzene rings is 2. The van der Waals surface area contributed by atoms with Crippen molar-refractivity contribution in [2.24, 2.45) is 5.92 Å². The highest BCUT2D eigenvalue weighted by molar-refractivity contribution is 6.04. The van der Waals surface area contributed by atoms with Crippen LogP contribution in [-0.2, 0) is 22.2 Å². The highest BCUT2D eigenvalue weighted by Crippen LogP contribution is 2.42. The zero-order chi connectivity index (χ0) is 20.8. The van der Waals surface area contributed by atoms with Crippen molar-refractivity contribution in [1.82, 2.24) is 4.90 Å². The van der Waals surface area contributed by atoms with Gasteiger partial charge in [0.15, 0.2) is 0 Å². The van der Waals surface area contributed by atoms with Crippen LogP contribution in [0.5, 0.6) is 0 Å². The fourth-order valence-electron chi connectivity index (χ4n) is 4.29. The maximum atomic E-state index is 13.2. The predicted molar refractivity (Wildman–Crippen MR) is 102 cm³/mol. The summed E-state index contributed by atoms with van der Waals surface area (Å²) in [6, 6.07) is 12.7. The van der Waals surface area contributed by atoms with E-state index in [0.717, 1.165) is 36.1 Å². The lowest BCUT2D eigenvalue weighted by atomic mass is 9.82. The molecular weight excluding hydrogens is 379 g/mol. The molecule has 1 aliphatic heterocycles. The maximum absolute atomic E-state index is 13.2. The summed E-state index contributed by atoms with van der Waals surface area (Å²) in [4.78, 5) is 27.3. The number of carbonyl (C=O) groups excluding carboxylic acids is 2. The van der Waals surface area contributed by atoms with E-state index in [1.165, 1.54) is 11.0 Å². The van der Waals surface area contributed by atoms with Gasteiger partial charge in [0.2, 0.25) is 5.91 Å². The molecular formula is C23H22F3NO2. The summed E-state index contributed by atoms with van der Waals surface area (Å²) in [6.07, 6.45) is -2.13. The molecule has 2 fully saturated rings. The lowest BCUT2D eigenvalue weighted by Gasteiger charge is -2.18. The number of nitrogens with zero attached hydrogens (tertiary/aromatic N) is 1. The molecule has 29 heavy (non-hydrogen) atoms. The van der Waals surface area contributed by atoms with Gasteiger partial charge < -0.3 is 4.90 Å². The number of alkyl halides is 3. The zero-order valence-electron chi connectivity index (χ0n) is 16.1. The number of Topliss-reactive ketones (excluding diaryl/α,β-unsaturated/α-hetero) is 1. The van der Waals surface area contributed by atoms with Crippen molar-refractivity contribution in [3.8, 4) is 0 Å². The van der Waals surface area contributed by atoms with Gasteiger partial charge in [0.25, 0.3) is 0 Å². The fourth-order valence-corrected chi connectivity index (χ4v) is 4.29. The van der Waals surface area contributed by atoms with Crippen molar-refractivity contribution >= 4 is 11.7 Å². The number of amides is 1. The Balaban J connectivity index is 1.63. The van der Waals surface area contributed by atoms with Crippen LogP contribution in [0.25, 0.3) is 0 Å². The van der Waals surface area contributed by atoms with Gasteiger partial charge in [-0.2, -0.15) is 13.2 Å². The average molecular weight is 401 g/mol. The van der Waals surface area contributed by atoms with E-state index in [0.29, 0.717) is 11.5 Å². The van der Waals surface area contributed by atoms with Crippen LogP contribution in [0.15, 0.2) is 48.5 Å². The molecule has 2 aromatic rings. The molecule has 3 nitrogen and oxygen atoms in total. The van der Waals surface area contributed by atoms with Crippen molar-refractivity contribution in [2.75, 3.05) is 13.6 Å². The topological polar surface area (TPSA) is 37.4 Å². The fraction of sp³-hybridized carbons (Fsp3) is 0.391. The Labute approximate surface area is 167 Å². The minimum atomic E-state index is -4.47. The first-order chi connectivity index (χ1) is 13.8. The first kappa shape index (κ1) is 19.7. The number of rotatable bonds is 5. The number of hydrogen-bond acceptors (Lipinski definition) is 2. The normalized spacial score (nSPS) is 22.2. The second kappa shape index (κ2) is 7.32. The van der Waals surface area contributed by atoms with Gasteiger partial charge in [0.05, 0.1) is 5.56 Å². The molecule has 1 amide bonds. The van der Waals surface area contributed by atoms with E-state index in [1.54, 1.807) is 13.1 Å². The van der Waals surface area contributed by atoms with Gasteiger partial charge in [0.1, 0.15) is 11.7 Å². The third-order valence-electron chi connectivity index (χ3n) is 5.94. The van der Waals surface area contributed by atoms with E-state index in [-0.39, 0.29) is 24.7 Å². The van der Waals surface area contributed by atoms with Crippen molar-refractivity contribution in [2.45, 2.75) is 37.3 Å². The molecule has 152 valence electrons. The van der Waals surface area contributed by atoms with Gasteiger partial charge in [-0.15, -0.1) is 0 Å². The number of likely N-dealkylation sites (tertiary alicyclic amines) is 1. The van der Waals surface area contributed by atoms with Crippen molar-refractivity contribution in [1.29, 1.82) is 0 Å². The molecule has 0 N–H and O–H groups in total. The summed E-state index contributed by atoms with van der Waals surface area (Å²) in [5.41, 5.74) is 1.69. The summed E-state index contributed by atoms with van der Waals surface area (Å²) < 4.78 is 39.4. The Morgan fingerprint density at radius 2 is 1.83 bits per heavy atom. The van der Waals surface area contributed by atoms with Gasteiger partial charge in [-0.3, -0.25) is 9.59 Å². The summed E-state index contributed by atoms with van der Waals surface area (Å²) in [7, 11) is 1.59. The van der Waals surface area contributed by atoms with Crippen LogP contribution in [-0.4, -0.2) is 30.2 Å². The quantitative estimate of drug-likeness (QED) is 0.689. The van der Waals surface area contributed by atoms with Crippen molar-refractivity contribution < 1.29 is 22.8 Å². The minimum absolute atomic E-state index is 0.131. The van der Waals surface area contributed by atoms with Gasteiger partial charge in [0, 0.05) is 25.9 Å². The Kier molecular flexibility index (Phi) is 4.97. The molecule has 0 aromatic heterocycles. The second-order valence-electron chi connectivity index (χ2n) is 8.04. The van der Waals surface area contributed by atoms with Crippen LogP contribution < -0.4 is 0 Å².